The number of halogens is 3. The third-order valence-corrected chi connectivity index (χ3v) is 4.83. The number of allylic oxidation sites excluding steroid dienone is 2. The van der Waals surface area contributed by atoms with Gasteiger partial charge in [-0.25, -0.2) is 0 Å². The molecule has 0 saturated heterocycles. The second kappa shape index (κ2) is 7.01. The zero-order valence-electron chi connectivity index (χ0n) is 13.7. The molecule has 2 bridgehead atoms. The van der Waals surface area contributed by atoms with Gasteiger partial charge in [0.1, 0.15) is 5.75 Å². The third-order valence-electron chi connectivity index (χ3n) is 4.83. The maximum atomic E-state index is 12.5. The van der Waals surface area contributed by atoms with Gasteiger partial charge < -0.3 is 15.2 Å². The van der Waals surface area contributed by atoms with E-state index in [9.17, 15) is 22.8 Å². The quantitative estimate of drug-likeness (QED) is 0.754. The van der Waals surface area contributed by atoms with Gasteiger partial charge in [0.25, 0.3) is 0 Å². The van der Waals surface area contributed by atoms with Crippen molar-refractivity contribution in [2.45, 2.75) is 31.7 Å². The molecule has 1 saturated carbocycles. The molecule has 0 radical (unpaired) electrons. The van der Waals surface area contributed by atoms with Crippen molar-refractivity contribution in [2.24, 2.45) is 17.8 Å². The van der Waals surface area contributed by atoms with E-state index in [0.29, 0.717) is 11.5 Å². The molecule has 4 unspecified atom stereocenters. The van der Waals surface area contributed by atoms with E-state index >= 15 is 0 Å². The summed E-state index contributed by atoms with van der Waals surface area (Å²) in [6.07, 6.45) is 0.639. The molecule has 26 heavy (non-hydrogen) atoms. The maximum Gasteiger partial charge on any atom is 0.573 e. The van der Waals surface area contributed by atoms with Crippen LogP contribution in [0.2, 0.25) is 0 Å². The summed E-state index contributed by atoms with van der Waals surface area (Å²) in [7, 11) is 0. The van der Waals surface area contributed by atoms with Crippen molar-refractivity contribution in [1.29, 1.82) is 0 Å². The van der Waals surface area contributed by atoms with Gasteiger partial charge >= 0.3 is 12.3 Å². The van der Waals surface area contributed by atoms with Gasteiger partial charge in [-0.15, -0.1) is 13.2 Å². The van der Waals surface area contributed by atoms with Gasteiger partial charge in [0.2, 0.25) is 5.91 Å². The summed E-state index contributed by atoms with van der Waals surface area (Å²) in [6, 6.07) is 4.04. The molecule has 140 valence electrons. The largest absolute Gasteiger partial charge is 0.573 e. The Labute approximate surface area is 147 Å². The average molecular weight is 369 g/mol. The van der Waals surface area contributed by atoms with Gasteiger partial charge in [-0.2, -0.15) is 0 Å². The molecular weight excluding hydrogens is 351 g/mol. The first-order valence-electron chi connectivity index (χ1n) is 8.27. The van der Waals surface area contributed by atoms with Gasteiger partial charge in [-0.3, -0.25) is 9.59 Å². The lowest BCUT2D eigenvalue weighted by atomic mass is 9.92. The van der Waals surface area contributed by atoms with E-state index in [-0.39, 0.29) is 24.2 Å². The highest BCUT2D eigenvalue weighted by atomic mass is 19.4. The molecule has 1 aromatic carbocycles. The van der Waals surface area contributed by atoms with Crippen LogP contribution in [-0.4, -0.2) is 23.3 Å². The van der Waals surface area contributed by atoms with E-state index in [1.54, 1.807) is 0 Å². The number of fused-ring (bicyclic) bond motifs is 2. The molecular formula is C18H18F3NO4. The summed E-state index contributed by atoms with van der Waals surface area (Å²) in [4.78, 5) is 23.7. The molecule has 0 aliphatic heterocycles. The van der Waals surface area contributed by atoms with Gasteiger partial charge in [0.05, 0.1) is 12.5 Å². The Bertz CT molecular complexity index is 714. The van der Waals surface area contributed by atoms with Crippen molar-refractivity contribution in [1.82, 2.24) is 5.32 Å². The molecule has 0 aromatic heterocycles. The second-order valence-corrected chi connectivity index (χ2v) is 6.66. The van der Waals surface area contributed by atoms with Crippen LogP contribution < -0.4 is 10.1 Å². The Balaban J connectivity index is 1.70. The Morgan fingerprint density at radius 1 is 1.19 bits per heavy atom. The fourth-order valence-corrected chi connectivity index (χ4v) is 3.69. The highest BCUT2D eigenvalue weighted by Gasteiger charge is 2.40. The molecule has 2 aliphatic carbocycles. The first-order chi connectivity index (χ1) is 12.2. The first-order valence-corrected chi connectivity index (χ1v) is 8.27. The van der Waals surface area contributed by atoms with Gasteiger partial charge in [-0.1, -0.05) is 24.3 Å². The number of carbonyl (C=O) groups excluding carboxylic acids is 1. The molecule has 0 heterocycles. The number of carbonyl (C=O) groups is 2. The number of benzene rings is 1. The normalized spacial score (nSPS) is 25.1. The Morgan fingerprint density at radius 3 is 2.38 bits per heavy atom. The van der Waals surface area contributed by atoms with Crippen LogP contribution in [0.1, 0.15) is 30.9 Å². The van der Waals surface area contributed by atoms with Gasteiger partial charge in [0.15, 0.2) is 0 Å². The molecule has 1 fully saturated rings. The Morgan fingerprint density at radius 2 is 1.88 bits per heavy atom. The molecule has 8 heteroatoms. The molecule has 1 amide bonds. The van der Waals surface area contributed by atoms with E-state index in [0.717, 1.165) is 25.0 Å². The summed E-state index contributed by atoms with van der Waals surface area (Å²) >= 11 is 0. The predicted molar refractivity (Wildman–Crippen MR) is 85.1 cm³/mol. The molecule has 2 aliphatic rings. The fourth-order valence-electron chi connectivity index (χ4n) is 3.69. The number of ether oxygens (including phenoxy) is 1. The van der Waals surface area contributed by atoms with Crippen LogP contribution in [-0.2, 0) is 9.59 Å². The number of carboxylic acids is 1. The van der Waals surface area contributed by atoms with Gasteiger partial charge in [-0.05, 0) is 42.4 Å². The lowest BCUT2D eigenvalue weighted by molar-refractivity contribution is -0.274. The van der Waals surface area contributed by atoms with Crippen molar-refractivity contribution in [2.75, 3.05) is 0 Å². The minimum Gasteiger partial charge on any atom is -0.481 e. The monoisotopic (exact) mass is 369 g/mol. The molecule has 1 aromatic rings. The summed E-state index contributed by atoms with van der Waals surface area (Å²) < 4.78 is 40.5. The third kappa shape index (κ3) is 4.36. The minimum atomic E-state index is -4.80. The number of amides is 1. The highest BCUT2D eigenvalue weighted by molar-refractivity contribution is 5.81. The number of rotatable bonds is 6. The fraction of sp³-hybridized carbons (Fsp3) is 0.444. The predicted octanol–water partition coefficient (Wildman–Crippen LogP) is 3.43. The standard InChI is InChI=1S/C18H18F3NO4/c19-18(20,21)26-13-5-3-11(4-6-13)15(9-16(23)24)22-17(25)14-8-10-1-2-12(14)7-10/h1-6,10,12,14-15H,7-9H2,(H,22,25)(H,23,24). The van der Waals surface area contributed by atoms with Gasteiger partial charge in [0, 0.05) is 5.92 Å². The van der Waals surface area contributed by atoms with E-state index < -0.39 is 24.1 Å². The van der Waals surface area contributed by atoms with Crippen LogP contribution in [0.5, 0.6) is 5.75 Å². The molecule has 2 N–H and O–H groups in total. The lowest BCUT2D eigenvalue weighted by Crippen LogP contribution is -2.36. The van der Waals surface area contributed by atoms with Crippen molar-refractivity contribution >= 4 is 11.9 Å². The molecule has 3 rings (SSSR count). The van der Waals surface area contributed by atoms with Crippen LogP contribution in [0, 0.1) is 17.8 Å². The Kier molecular flexibility index (Phi) is 4.93. The maximum absolute atomic E-state index is 12.5. The zero-order valence-corrected chi connectivity index (χ0v) is 13.7. The number of hydrogen-bond acceptors (Lipinski definition) is 3. The van der Waals surface area contributed by atoms with Crippen LogP contribution in [0.15, 0.2) is 36.4 Å². The van der Waals surface area contributed by atoms with E-state index in [1.165, 1.54) is 12.1 Å². The topological polar surface area (TPSA) is 75.6 Å². The number of carboxylic acid groups (broad SMARTS) is 1. The van der Waals surface area contributed by atoms with E-state index in [1.807, 2.05) is 6.08 Å². The van der Waals surface area contributed by atoms with Crippen LogP contribution in [0.3, 0.4) is 0 Å². The summed E-state index contributed by atoms with van der Waals surface area (Å²) in [5.74, 6) is -1.35. The SMILES string of the molecule is O=C(O)CC(NC(=O)C1CC2C=CC1C2)c1ccc(OC(F)(F)F)cc1. The zero-order chi connectivity index (χ0) is 18.9. The Hall–Kier alpha value is -2.51. The van der Waals surface area contributed by atoms with Crippen LogP contribution >= 0.6 is 0 Å². The molecule has 4 atom stereocenters. The number of aliphatic carboxylic acids is 1. The number of alkyl halides is 3. The summed E-state index contributed by atoms with van der Waals surface area (Å²) in [5.41, 5.74) is 0.411. The average Bonchev–Trinajstić information content (AvgIpc) is 3.16. The van der Waals surface area contributed by atoms with E-state index in [2.05, 4.69) is 16.1 Å². The second-order valence-electron chi connectivity index (χ2n) is 6.66. The summed E-state index contributed by atoms with van der Waals surface area (Å²) in [5, 5.41) is 11.8. The van der Waals surface area contributed by atoms with Crippen molar-refractivity contribution < 1.29 is 32.6 Å². The van der Waals surface area contributed by atoms with Crippen LogP contribution in [0.4, 0.5) is 13.2 Å². The van der Waals surface area contributed by atoms with E-state index in [4.69, 9.17) is 5.11 Å². The summed E-state index contributed by atoms with van der Waals surface area (Å²) in [6.45, 7) is 0. The lowest BCUT2D eigenvalue weighted by Gasteiger charge is -2.23. The smallest absolute Gasteiger partial charge is 0.481 e. The van der Waals surface area contributed by atoms with Crippen molar-refractivity contribution in [3.05, 3.63) is 42.0 Å². The number of hydrogen-bond donors (Lipinski definition) is 2. The van der Waals surface area contributed by atoms with Crippen molar-refractivity contribution in [3.63, 3.8) is 0 Å². The molecule has 5 nitrogen and oxygen atoms in total. The highest BCUT2D eigenvalue weighted by Crippen LogP contribution is 2.43. The minimum absolute atomic E-state index is 0.174. The van der Waals surface area contributed by atoms with Crippen molar-refractivity contribution in [3.8, 4) is 5.75 Å². The number of nitrogens with one attached hydrogen (secondary N) is 1. The van der Waals surface area contributed by atoms with Crippen LogP contribution in [0.25, 0.3) is 0 Å². The molecule has 0 spiro atoms. The first kappa shape index (κ1) is 18.3.